The Morgan fingerprint density at radius 3 is 0.392 bits per heavy atom. The van der Waals surface area contributed by atoms with Crippen LogP contribution in [-0.2, 0) is 688 Å². The van der Waals surface area contributed by atoms with Gasteiger partial charge in [-0.05, 0) is 36.3 Å². The van der Waals surface area contributed by atoms with E-state index in [-0.39, 0.29) is 29.3 Å². The minimum absolute atomic E-state index is 0.0294. The molecule has 0 aromatic heterocycles. The molecule has 0 fully saturated rings. The van der Waals surface area contributed by atoms with E-state index >= 15 is 0 Å². The molecule has 0 amide bonds. The van der Waals surface area contributed by atoms with Crippen molar-refractivity contribution in [1.29, 1.82) is 0 Å². The van der Waals surface area contributed by atoms with E-state index in [4.69, 9.17) is 52.9 Å². The lowest BCUT2D eigenvalue weighted by Crippen LogP contribution is -2.47. The summed E-state index contributed by atoms with van der Waals surface area (Å²) in [5.41, 5.74) is 11.1. The molecule has 0 aromatic rings. The fourth-order valence-corrected chi connectivity index (χ4v) is 202. The molecule has 6 N–H and O–H groups in total. The molecular weight excluding hydrogens is 2800 g/mol. The minimum atomic E-state index is -1.70. The van der Waals surface area contributed by atoms with E-state index in [2.05, 4.69) is 67.7 Å². The highest BCUT2D eigenvalue weighted by molar-refractivity contribution is 8.85. The van der Waals surface area contributed by atoms with Crippen molar-refractivity contribution in [2.45, 2.75) is 89.9 Å². The third-order valence-corrected chi connectivity index (χ3v) is 179. The summed E-state index contributed by atoms with van der Waals surface area (Å²) in [6, 6.07) is -0.483. The van der Waals surface area contributed by atoms with Crippen LogP contribution in [0.2, 0.25) is 36.3 Å². The van der Waals surface area contributed by atoms with Crippen molar-refractivity contribution in [3.63, 3.8) is 0 Å². The second-order valence-corrected chi connectivity index (χ2v) is 156. The van der Waals surface area contributed by atoms with Gasteiger partial charge < -0.3 is 30.5 Å². The average molecular weight is 2850 g/mol. The molecule has 0 heterocycles. The van der Waals surface area contributed by atoms with Gasteiger partial charge in [-0.1, -0.05) is 41.5 Å². The van der Waals surface area contributed by atoms with Crippen molar-refractivity contribution in [3.05, 3.63) is 0 Å². The summed E-state index contributed by atoms with van der Waals surface area (Å²) in [7, 11) is 130. The van der Waals surface area contributed by atoms with Crippen molar-refractivity contribution in [2.24, 2.45) is 11.5 Å². The largest absolute Gasteiger partial charge is 0.415 e. The van der Waals surface area contributed by atoms with Crippen LogP contribution in [0.1, 0.15) is 41.5 Å². The number of hydrogen-bond acceptors (Lipinski definition) is 8. The van der Waals surface area contributed by atoms with Gasteiger partial charge in [0.15, 0.2) is 16.6 Å². The van der Waals surface area contributed by atoms with Crippen LogP contribution in [0.3, 0.4) is 0 Å². The lowest BCUT2D eigenvalue weighted by atomic mass is 10.2. The Kier molecular flexibility index (Phi) is 121. The van der Waals surface area contributed by atoms with Crippen LogP contribution >= 0.6 is 0 Å². The van der Waals surface area contributed by atoms with Crippen LogP contribution in [0.4, 0.5) is 0 Å². The Morgan fingerprint density at radius 1 is 0.225 bits per heavy atom. The second kappa shape index (κ2) is 100. The first-order valence-corrected chi connectivity index (χ1v) is 128. The molecule has 0 saturated carbocycles. The average Bonchev–Trinajstić information content (AvgIpc) is 0.842. The molecule has 0 aromatic carbocycles. The van der Waals surface area contributed by atoms with Gasteiger partial charge >= 0.3 is 0 Å². The van der Waals surface area contributed by atoms with E-state index in [9.17, 15) is 0 Å². The van der Waals surface area contributed by atoms with Crippen molar-refractivity contribution >= 4 is 696 Å². The standard InChI is InChI=1S/C15H37NO2Si2.C3H9NO2.S76/c1-14(2,3)19(7,8)17-11-13(16)12-18-20(9,10)15(4,5)6;4-3(1-5)2-6;1-3-5-7-9-11-13-15-17-19-21-23-25-27-29-31-33-35-37-39-41-43-45-47-49-51-53-55-57-59-61-63-65-67-69-71-73-75-76-74-72-70-68-66-64-62-60-58-56-54-52-50-48-46-44-42-40-38-36-34-32-30-28-26-24-22-20-18-16-14-12-10-8-6-4-2/h13H,11-12,16H2,1-10H3;3,5-6H,1-2,4H2;. The van der Waals surface area contributed by atoms with E-state index < -0.39 is 22.7 Å². The zero-order valence-electron chi connectivity index (χ0n) is 49.9. The smallest absolute Gasteiger partial charge is 0.192 e. The molecule has 0 bridgehead atoms. The molecule has 0 aliphatic rings. The van der Waals surface area contributed by atoms with Crippen molar-refractivity contribution in [1.82, 2.24) is 0 Å². The SMILES string of the molecule is CC(C)(C)[Si](C)(C)OCC(N)CO[Si](C)(C)C(C)(C)C.NC(CO)CO.S=S=S=S=S=S=S=S=S=S=S=S=S=S=S=S=S=S=S=S=S=S=S=S=S=S=S=S=S=S=S=S=S=S=S=S=S=S=S=S=S=S=S=S=S=S=S=S=S=S=S=S=S=S=S=S=S=S=S=S=S=S=S=S=S=S=S=S=S=S=S=S=S=S=S=S. The molecule has 616 valence electrons. The zero-order valence-corrected chi connectivity index (χ0v) is 114. The van der Waals surface area contributed by atoms with E-state index in [1.807, 2.05) is 533 Å². The fraction of sp³-hybridized carbons (Fsp3) is 1.00. The Bertz CT molecular complexity index is 6150. The number of rotatable bonds is 8. The summed E-state index contributed by atoms with van der Waals surface area (Å²) in [5.74, 6) is 0. The second-order valence-electron chi connectivity index (χ2n) is 15.1. The Morgan fingerprint density at radius 2 is 0.324 bits per heavy atom. The highest BCUT2D eigenvalue weighted by atomic mass is 33.5. The molecule has 0 aliphatic carbocycles. The number of hydrogen-bond donors (Lipinski definition) is 4. The maximum absolute atomic E-state index is 8.05. The van der Waals surface area contributed by atoms with Gasteiger partial charge in [0.2, 0.25) is 0 Å². The first kappa shape index (κ1) is 123. The van der Waals surface area contributed by atoms with Gasteiger partial charge in [-0.25, -0.2) is 0 Å². The Hall–Kier alpha value is 16.9. The monoisotopic (exact) mass is 2840 g/mol. The lowest BCUT2D eigenvalue weighted by molar-refractivity contribution is 0.194. The molecule has 0 rings (SSSR count). The first-order chi connectivity index (χ1) is 49.3. The van der Waals surface area contributed by atoms with Crippen LogP contribution in [0, 0.1) is 0 Å². The third kappa shape index (κ3) is 102. The minimum Gasteiger partial charge on any atom is -0.415 e. The molecule has 0 spiro atoms. The molecule has 0 saturated heterocycles. The maximum atomic E-state index is 8.05. The third-order valence-electron chi connectivity index (χ3n) is 7.43. The van der Waals surface area contributed by atoms with Crippen LogP contribution in [0.5, 0.6) is 0 Å². The van der Waals surface area contributed by atoms with Crippen LogP contribution < -0.4 is 11.5 Å². The van der Waals surface area contributed by atoms with Crippen LogP contribution in [-0.4, -0.2) is 65.4 Å². The predicted octanol–water partition coefficient (Wildman–Crippen LogP) is 2.47. The van der Waals surface area contributed by atoms with Gasteiger partial charge in [0, 0.05) is 686 Å². The van der Waals surface area contributed by atoms with E-state index in [1.165, 1.54) is 17.8 Å². The molecule has 102 heavy (non-hydrogen) atoms. The molecule has 0 radical (unpaired) electrons. The highest BCUT2D eigenvalue weighted by Crippen LogP contribution is 2.37. The van der Waals surface area contributed by atoms with E-state index in [1.54, 1.807) is 107 Å². The number of aliphatic hydroxyl groups is 2. The summed E-state index contributed by atoms with van der Waals surface area (Å²) >= 11 is 9.65. The van der Waals surface area contributed by atoms with Crippen molar-refractivity contribution < 1.29 is 19.1 Å². The molecular formula is C18H46N2O4S76Si2. The van der Waals surface area contributed by atoms with Crippen molar-refractivity contribution in [2.75, 3.05) is 26.4 Å². The normalized spacial score (nSPS) is 9.37. The summed E-state index contributed by atoms with van der Waals surface area (Å²) in [6.07, 6.45) is 0. The topological polar surface area (TPSA) is 111 Å². The van der Waals surface area contributed by atoms with Gasteiger partial charge in [0.05, 0.1) is 32.5 Å². The molecule has 0 unspecified atom stereocenters. The van der Waals surface area contributed by atoms with E-state index in [0.717, 1.165) is 0 Å². The summed E-state index contributed by atoms with van der Waals surface area (Å²) in [5, 5.41) is 16.6. The van der Waals surface area contributed by atoms with Crippen LogP contribution in [0.15, 0.2) is 0 Å². The Labute approximate surface area is 820 Å². The Balaban J connectivity index is -0.00000314. The van der Waals surface area contributed by atoms with Crippen molar-refractivity contribution in [3.8, 4) is 0 Å². The molecule has 0 atom stereocenters. The molecule has 84 heteroatoms. The van der Waals surface area contributed by atoms with Crippen LogP contribution in [0.25, 0.3) is 0 Å². The molecule has 6 nitrogen and oxygen atoms in total. The summed E-state index contributed by atoms with van der Waals surface area (Å²) in [6.45, 7) is 23.4. The summed E-state index contributed by atoms with van der Waals surface area (Å²) < 4.78 is 12.3. The summed E-state index contributed by atoms with van der Waals surface area (Å²) in [4.78, 5) is 0. The molecule has 0 aliphatic heterocycles. The highest BCUT2D eigenvalue weighted by Gasteiger charge is 2.39. The van der Waals surface area contributed by atoms with Gasteiger partial charge in [-0.15, -0.1) is 0 Å². The van der Waals surface area contributed by atoms with Gasteiger partial charge in [0.1, 0.15) is 0 Å². The lowest BCUT2D eigenvalue weighted by Gasteiger charge is -2.38. The zero-order chi connectivity index (χ0) is 75.7. The first-order valence-electron chi connectivity index (χ1n) is 21.9. The fourth-order valence-electron chi connectivity index (χ4n) is 1.99. The van der Waals surface area contributed by atoms with Gasteiger partial charge in [-0.2, -0.15) is 0 Å². The number of aliphatic hydroxyl groups excluding tert-OH is 2. The predicted molar refractivity (Wildman–Crippen MR) is 676 cm³/mol. The van der Waals surface area contributed by atoms with Gasteiger partial charge in [0.25, 0.3) is 0 Å². The number of nitrogens with two attached hydrogens (primary N) is 2. The van der Waals surface area contributed by atoms with E-state index in [0.29, 0.717) is 13.2 Å². The maximum Gasteiger partial charge on any atom is 0.192 e. The quantitative estimate of drug-likeness (QED) is 0.275. The van der Waals surface area contributed by atoms with Gasteiger partial charge in [-0.3, -0.25) is 0 Å².